The lowest BCUT2D eigenvalue weighted by Crippen LogP contribution is -2.41. The van der Waals surface area contributed by atoms with Crippen molar-refractivity contribution in [1.29, 1.82) is 0 Å². The van der Waals surface area contributed by atoms with Gasteiger partial charge in [0.05, 0.1) is 11.6 Å². The molecule has 0 unspecified atom stereocenters. The topological polar surface area (TPSA) is 42.0 Å². The number of hydrogen-bond acceptors (Lipinski definition) is 3. The lowest BCUT2D eigenvalue weighted by Gasteiger charge is -2.42. The summed E-state index contributed by atoms with van der Waals surface area (Å²) in [6.45, 7) is 4.44. The molecule has 138 valence electrons. The van der Waals surface area contributed by atoms with Crippen LogP contribution in [0.4, 0.5) is 5.69 Å². The average molecular weight is 358 g/mol. The number of fused-ring (bicyclic) bond motifs is 4. The van der Waals surface area contributed by atoms with E-state index in [0.29, 0.717) is 18.1 Å². The van der Waals surface area contributed by atoms with Gasteiger partial charge in [0, 0.05) is 34.8 Å². The molecule has 0 saturated heterocycles. The van der Waals surface area contributed by atoms with Crippen LogP contribution in [0.2, 0.25) is 0 Å². The summed E-state index contributed by atoms with van der Waals surface area (Å²) in [7, 11) is 0. The van der Waals surface area contributed by atoms with E-state index in [4.69, 9.17) is 0 Å². The van der Waals surface area contributed by atoms with E-state index < -0.39 is 0 Å². The highest BCUT2D eigenvalue weighted by molar-refractivity contribution is 6.12. The number of nitrogens with zero attached hydrogens (tertiary/aromatic N) is 1. The standard InChI is InChI=1S/C24H26N2O/c1-24(2)13-17-21-16-9-6-12-25-18(16)10-11-19(21)26-23(22(17)20(27)14-24)15-7-4-3-5-8-15/h3-4,6,9-12,15,23,26H,5,7-8,13-14H2,1-2H3/t15-,23+/m0/s1. The SMILES string of the molecule is CC1(C)CC(=O)C2=C(C1)c1c(ccc3ncccc13)N[C@@H]2[C@H]1CC=CCC1. The number of anilines is 1. The molecule has 1 aliphatic heterocycles. The molecule has 3 nitrogen and oxygen atoms in total. The number of rotatable bonds is 1. The number of carbonyl (C=O) groups excluding carboxylic acids is 1. The Hall–Kier alpha value is -2.42. The van der Waals surface area contributed by atoms with Crippen molar-refractivity contribution in [2.45, 2.75) is 52.0 Å². The van der Waals surface area contributed by atoms with Gasteiger partial charge in [-0.25, -0.2) is 0 Å². The quantitative estimate of drug-likeness (QED) is 0.682. The predicted octanol–water partition coefficient (Wildman–Crippen LogP) is 5.53. The van der Waals surface area contributed by atoms with E-state index in [9.17, 15) is 4.79 Å². The van der Waals surface area contributed by atoms with Gasteiger partial charge < -0.3 is 5.32 Å². The van der Waals surface area contributed by atoms with Crippen LogP contribution in [-0.2, 0) is 4.79 Å². The second-order valence-corrected chi connectivity index (χ2v) is 9.06. The van der Waals surface area contributed by atoms with Crippen LogP contribution in [0.15, 0.2) is 48.2 Å². The third kappa shape index (κ3) is 2.72. The van der Waals surface area contributed by atoms with Gasteiger partial charge in [-0.1, -0.05) is 32.1 Å². The summed E-state index contributed by atoms with van der Waals surface area (Å²) in [5, 5.41) is 4.93. The molecule has 1 aromatic carbocycles. The Morgan fingerprint density at radius 1 is 1.15 bits per heavy atom. The fraction of sp³-hybridized carbons (Fsp3) is 0.417. The highest BCUT2D eigenvalue weighted by atomic mass is 16.1. The number of benzene rings is 1. The van der Waals surface area contributed by atoms with E-state index in [2.05, 4.69) is 54.5 Å². The summed E-state index contributed by atoms with van der Waals surface area (Å²) < 4.78 is 0. The van der Waals surface area contributed by atoms with Crippen LogP contribution in [0, 0.1) is 11.3 Å². The Kier molecular flexibility index (Phi) is 3.75. The van der Waals surface area contributed by atoms with E-state index in [1.165, 1.54) is 16.8 Å². The fourth-order valence-electron chi connectivity index (χ4n) is 5.23. The van der Waals surface area contributed by atoms with Crippen molar-refractivity contribution in [3.63, 3.8) is 0 Å². The maximum atomic E-state index is 13.3. The monoisotopic (exact) mass is 358 g/mol. The van der Waals surface area contributed by atoms with Gasteiger partial charge in [0.25, 0.3) is 0 Å². The van der Waals surface area contributed by atoms with Crippen molar-refractivity contribution >= 4 is 27.9 Å². The molecule has 0 bridgehead atoms. The van der Waals surface area contributed by atoms with Crippen molar-refractivity contribution in [3.05, 3.63) is 53.8 Å². The summed E-state index contributed by atoms with van der Waals surface area (Å²) in [6, 6.07) is 8.53. The highest BCUT2D eigenvalue weighted by Gasteiger charge is 2.42. The van der Waals surface area contributed by atoms with Crippen molar-refractivity contribution in [1.82, 2.24) is 4.98 Å². The predicted molar refractivity (Wildman–Crippen MR) is 111 cm³/mol. The molecule has 0 spiro atoms. The van der Waals surface area contributed by atoms with Crippen LogP contribution in [0.1, 0.15) is 51.5 Å². The van der Waals surface area contributed by atoms with Crippen LogP contribution in [0.5, 0.6) is 0 Å². The van der Waals surface area contributed by atoms with Crippen molar-refractivity contribution in [2.75, 3.05) is 5.32 Å². The first kappa shape index (κ1) is 16.7. The summed E-state index contributed by atoms with van der Waals surface area (Å²) >= 11 is 0. The van der Waals surface area contributed by atoms with Crippen molar-refractivity contribution in [3.8, 4) is 0 Å². The molecule has 2 aliphatic carbocycles. The number of aromatic nitrogens is 1. The zero-order valence-electron chi connectivity index (χ0n) is 16.1. The number of nitrogens with one attached hydrogen (secondary N) is 1. The molecule has 2 heterocycles. The molecule has 27 heavy (non-hydrogen) atoms. The molecule has 2 atom stereocenters. The second kappa shape index (κ2) is 6.05. The molecule has 1 aromatic heterocycles. The molecule has 0 saturated carbocycles. The van der Waals surface area contributed by atoms with E-state index in [0.717, 1.165) is 42.2 Å². The highest BCUT2D eigenvalue weighted by Crippen LogP contribution is 2.50. The molecule has 3 aliphatic rings. The van der Waals surface area contributed by atoms with Gasteiger partial charge in [-0.05, 0) is 60.8 Å². The van der Waals surface area contributed by atoms with Crippen LogP contribution >= 0.6 is 0 Å². The van der Waals surface area contributed by atoms with Crippen molar-refractivity contribution < 1.29 is 4.79 Å². The first-order chi connectivity index (χ1) is 13.0. The smallest absolute Gasteiger partial charge is 0.161 e. The summed E-state index contributed by atoms with van der Waals surface area (Å²) in [4.78, 5) is 17.9. The molecule has 3 heteroatoms. The molecule has 1 N–H and O–H groups in total. The first-order valence-electron chi connectivity index (χ1n) is 10.1. The van der Waals surface area contributed by atoms with E-state index in [1.54, 1.807) is 0 Å². The van der Waals surface area contributed by atoms with Crippen LogP contribution < -0.4 is 5.32 Å². The normalized spacial score (nSPS) is 26.5. The third-order valence-corrected chi connectivity index (χ3v) is 6.41. The van der Waals surface area contributed by atoms with E-state index in [1.807, 2.05) is 12.3 Å². The van der Waals surface area contributed by atoms with Crippen LogP contribution in [0.3, 0.4) is 0 Å². The summed E-state index contributed by atoms with van der Waals surface area (Å²) in [5.41, 5.74) is 5.70. The second-order valence-electron chi connectivity index (χ2n) is 9.06. The third-order valence-electron chi connectivity index (χ3n) is 6.41. The Balaban J connectivity index is 1.75. The zero-order valence-corrected chi connectivity index (χ0v) is 16.1. The first-order valence-corrected chi connectivity index (χ1v) is 10.1. The number of carbonyl (C=O) groups is 1. The maximum Gasteiger partial charge on any atom is 0.161 e. The van der Waals surface area contributed by atoms with Crippen LogP contribution in [0.25, 0.3) is 16.5 Å². The molecular formula is C24H26N2O. The van der Waals surface area contributed by atoms with E-state index >= 15 is 0 Å². The number of Topliss-reactive ketones (excluding diaryl/α,β-unsaturated/α-hetero) is 1. The lowest BCUT2D eigenvalue weighted by molar-refractivity contribution is -0.118. The minimum atomic E-state index is 0.00587. The Morgan fingerprint density at radius 3 is 2.85 bits per heavy atom. The van der Waals surface area contributed by atoms with Gasteiger partial charge in [0.1, 0.15) is 0 Å². The van der Waals surface area contributed by atoms with Crippen LogP contribution in [-0.4, -0.2) is 16.8 Å². The number of hydrogen-bond donors (Lipinski definition) is 1. The zero-order chi connectivity index (χ0) is 18.6. The summed E-state index contributed by atoms with van der Waals surface area (Å²) in [6.07, 6.45) is 11.3. The lowest BCUT2D eigenvalue weighted by atomic mass is 9.66. The van der Waals surface area contributed by atoms with E-state index in [-0.39, 0.29) is 11.5 Å². The maximum absolute atomic E-state index is 13.3. The van der Waals surface area contributed by atoms with Gasteiger partial charge in [0.2, 0.25) is 0 Å². The molecule has 0 radical (unpaired) electrons. The van der Waals surface area contributed by atoms with Gasteiger partial charge in [-0.2, -0.15) is 0 Å². The Morgan fingerprint density at radius 2 is 2.04 bits per heavy atom. The molecule has 5 rings (SSSR count). The molecule has 2 aromatic rings. The molecule has 0 amide bonds. The molecular weight excluding hydrogens is 332 g/mol. The minimum absolute atomic E-state index is 0.00587. The summed E-state index contributed by atoms with van der Waals surface area (Å²) in [5.74, 6) is 0.822. The Labute approximate surface area is 160 Å². The van der Waals surface area contributed by atoms with Gasteiger partial charge in [-0.3, -0.25) is 9.78 Å². The van der Waals surface area contributed by atoms with Gasteiger partial charge in [0.15, 0.2) is 5.78 Å². The van der Waals surface area contributed by atoms with Gasteiger partial charge >= 0.3 is 0 Å². The molecule has 0 fully saturated rings. The Bertz CT molecular complexity index is 999. The van der Waals surface area contributed by atoms with Gasteiger partial charge in [-0.15, -0.1) is 0 Å². The van der Waals surface area contributed by atoms with Crippen molar-refractivity contribution in [2.24, 2.45) is 11.3 Å². The number of pyridine rings is 1. The average Bonchev–Trinajstić information content (AvgIpc) is 2.66. The minimum Gasteiger partial charge on any atom is -0.377 e. The number of ketones is 1. The number of allylic oxidation sites excluding steroid dienone is 3. The largest absolute Gasteiger partial charge is 0.377 e. The fourth-order valence-corrected chi connectivity index (χ4v) is 5.23.